The Morgan fingerprint density at radius 2 is 1.92 bits per heavy atom. The van der Waals surface area contributed by atoms with Gasteiger partial charge in [0.15, 0.2) is 0 Å². The van der Waals surface area contributed by atoms with Crippen LogP contribution >= 0.6 is 0 Å². The monoisotopic (exact) mass is 182 g/mol. The van der Waals surface area contributed by atoms with Crippen LogP contribution in [0.15, 0.2) is 0 Å². The van der Waals surface area contributed by atoms with Crippen molar-refractivity contribution >= 4 is 0 Å². The maximum atomic E-state index is 3.69. The molecule has 0 aromatic heterocycles. The van der Waals surface area contributed by atoms with Gasteiger partial charge in [-0.05, 0) is 25.3 Å². The highest BCUT2D eigenvalue weighted by molar-refractivity contribution is 4.88. The first-order valence-electron chi connectivity index (χ1n) is 5.60. The quantitative estimate of drug-likeness (QED) is 0.711. The summed E-state index contributed by atoms with van der Waals surface area (Å²) in [5, 5.41) is 3.69. The van der Waals surface area contributed by atoms with E-state index in [1.807, 2.05) is 0 Å². The van der Waals surface area contributed by atoms with Gasteiger partial charge in [-0.3, -0.25) is 0 Å². The van der Waals surface area contributed by atoms with Crippen molar-refractivity contribution in [2.24, 2.45) is 5.41 Å². The lowest BCUT2D eigenvalue weighted by atomic mass is 9.88. The van der Waals surface area contributed by atoms with Gasteiger partial charge in [0.1, 0.15) is 0 Å². The molecule has 76 valence electrons. The molecule has 0 amide bonds. The lowest BCUT2D eigenvalue weighted by molar-refractivity contribution is 0.146. The number of rotatable bonds is 3. The molecule has 2 aliphatic rings. The Morgan fingerprint density at radius 3 is 2.46 bits per heavy atom. The Morgan fingerprint density at radius 1 is 1.31 bits per heavy atom. The van der Waals surface area contributed by atoms with E-state index in [0.29, 0.717) is 5.41 Å². The lowest BCUT2D eigenvalue weighted by Crippen LogP contribution is -2.57. The predicted octanol–water partition coefficient (Wildman–Crippen LogP) is 1.47. The summed E-state index contributed by atoms with van der Waals surface area (Å²) in [6.45, 7) is 6.17. The molecule has 1 heterocycles. The number of hydrogen-bond acceptors (Lipinski definition) is 2. The van der Waals surface area contributed by atoms with Crippen molar-refractivity contribution < 1.29 is 0 Å². The summed E-state index contributed by atoms with van der Waals surface area (Å²) in [5.74, 6) is 0. The lowest BCUT2D eigenvalue weighted by Gasteiger charge is -2.39. The molecule has 0 aromatic carbocycles. The van der Waals surface area contributed by atoms with E-state index < -0.39 is 0 Å². The summed E-state index contributed by atoms with van der Waals surface area (Å²) < 4.78 is 0. The number of likely N-dealkylation sites (N-methyl/N-ethyl adjacent to an activating group) is 1. The Labute approximate surface area is 81.7 Å². The highest BCUT2D eigenvalue weighted by atomic mass is 15.2. The molecule has 2 nitrogen and oxygen atoms in total. The molecule has 0 unspecified atom stereocenters. The van der Waals surface area contributed by atoms with Crippen LogP contribution in [0.25, 0.3) is 0 Å². The summed E-state index contributed by atoms with van der Waals surface area (Å²) in [6.07, 6.45) is 5.76. The van der Waals surface area contributed by atoms with Crippen LogP contribution in [-0.2, 0) is 0 Å². The van der Waals surface area contributed by atoms with Gasteiger partial charge in [-0.15, -0.1) is 0 Å². The second-order valence-corrected chi connectivity index (χ2v) is 5.32. The molecule has 2 rings (SSSR count). The smallest absolute Gasteiger partial charge is 0.0322 e. The SMILES string of the molecule is CN1CC(NCC2(C)CCCC2)C1. The van der Waals surface area contributed by atoms with E-state index in [1.165, 1.54) is 45.3 Å². The van der Waals surface area contributed by atoms with E-state index in [1.54, 1.807) is 0 Å². The number of nitrogens with zero attached hydrogens (tertiary/aromatic N) is 1. The molecular formula is C11H22N2. The van der Waals surface area contributed by atoms with Gasteiger partial charge in [-0.25, -0.2) is 0 Å². The zero-order chi connectivity index (χ0) is 9.31. The zero-order valence-corrected chi connectivity index (χ0v) is 8.97. The average molecular weight is 182 g/mol. The van der Waals surface area contributed by atoms with Gasteiger partial charge >= 0.3 is 0 Å². The van der Waals surface area contributed by atoms with E-state index >= 15 is 0 Å². The molecule has 13 heavy (non-hydrogen) atoms. The van der Waals surface area contributed by atoms with Gasteiger partial charge in [0.25, 0.3) is 0 Å². The van der Waals surface area contributed by atoms with E-state index in [9.17, 15) is 0 Å². The fourth-order valence-electron chi connectivity index (χ4n) is 2.62. The minimum absolute atomic E-state index is 0.619. The highest BCUT2D eigenvalue weighted by Gasteiger charge is 2.30. The maximum absolute atomic E-state index is 3.69. The average Bonchev–Trinajstić information content (AvgIpc) is 2.45. The first-order chi connectivity index (χ1) is 6.18. The Kier molecular flexibility index (Phi) is 2.61. The molecule has 0 atom stereocenters. The fraction of sp³-hybridized carbons (Fsp3) is 1.00. The molecule has 0 spiro atoms. The molecule has 2 fully saturated rings. The summed E-state index contributed by atoms with van der Waals surface area (Å²) in [4.78, 5) is 2.37. The largest absolute Gasteiger partial charge is 0.311 e. The third kappa shape index (κ3) is 2.23. The third-order valence-electron chi connectivity index (χ3n) is 3.69. The fourth-order valence-corrected chi connectivity index (χ4v) is 2.62. The topological polar surface area (TPSA) is 15.3 Å². The van der Waals surface area contributed by atoms with Crippen LogP contribution in [0.4, 0.5) is 0 Å². The van der Waals surface area contributed by atoms with Crippen molar-refractivity contribution in [3.63, 3.8) is 0 Å². The maximum Gasteiger partial charge on any atom is 0.0322 e. The first kappa shape index (κ1) is 9.47. The second kappa shape index (κ2) is 3.58. The molecule has 0 bridgehead atoms. The van der Waals surface area contributed by atoms with Crippen molar-refractivity contribution in [2.75, 3.05) is 26.7 Å². The van der Waals surface area contributed by atoms with Crippen LogP contribution in [0, 0.1) is 5.41 Å². The molecular weight excluding hydrogens is 160 g/mol. The van der Waals surface area contributed by atoms with Gasteiger partial charge in [-0.1, -0.05) is 19.8 Å². The zero-order valence-electron chi connectivity index (χ0n) is 8.97. The summed E-state index contributed by atoms with van der Waals surface area (Å²) in [6, 6.07) is 0.780. The van der Waals surface area contributed by atoms with Crippen LogP contribution in [0.5, 0.6) is 0 Å². The van der Waals surface area contributed by atoms with Crippen LogP contribution < -0.4 is 5.32 Å². The number of likely N-dealkylation sites (tertiary alicyclic amines) is 1. The molecule has 1 N–H and O–H groups in total. The van der Waals surface area contributed by atoms with Gasteiger partial charge in [0.2, 0.25) is 0 Å². The second-order valence-electron chi connectivity index (χ2n) is 5.32. The minimum atomic E-state index is 0.619. The highest BCUT2D eigenvalue weighted by Crippen LogP contribution is 2.36. The molecule has 2 heteroatoms. The number of nitrogens with one attached hydrogen (secondary N) is 1. The predicted molar refractivity (Wildman–Crippen MR) is 55.9 cm³/mol. The third-order valence-corrected chi connectivity index (χ3v) is 3.69. The van der Waals surface area contributed by atoms with Crippen molar-refractivity contribution in [1.29, 1.82) is 0 Å². The van der Waals surface area contributed by atoms with Crippen LogP contribution in [0.1, 0.15) is 32.6 Å². The van der Waals surface area contributed by atoms with E-state index in [0.717, 1.165) is 6.04 Å². The minimum Gasteiger partial charge on any atom is -0.311 e. The van der Waals surface area contributed by atoms with Gasteiger partial charge in [0, 0.05) is 25.7 Å². The molecule has 1 aliphatic heterocycles. The van der Waals surface area contributed by atoms with Crippen molar-refractivity contribution in [3.05, 3.63) is 0 Å². The van der Waals surface area contributed by atoms with E-state index in [-0.39, 0.29) is 0 Å². The molecule has 0 radical (unpaired) electrons. The van der Waals surface area contributed by atoms with Crippen molar-refractivity contribution in [1.82, 2.24) is 10.2 Å². The molecule has 0 aromatic rings. The Hall–Kier alpha value is -0.0800. The van der Waals surface area contributed by atoms with Crippen LogP contribution in [0.2, 0.25) is 0 Å². The first-order valence-corrected chi connectivity index (χ1v) is 5.60. The number of hydrogen-bond donors (Lipinski definition) is 1. The van der Waals surface area contributed by atoms with Gasteiger partial charge in [-0.2, -0.15) is 0 Å². The van der Waals surface area contributed by atoms with E-state index in [2.05, 4.69) is 24.2 Å². The van der Waals surface area contributed by atoms with Gasteiger partial charge in [0.05, 0.1) is 0 Å². The molecule has 1 aliphatic carbocycles. The van der Waals surface area contributed by atoms with Crippen molar-refractivity contribution in [3.8, 4) is 0 Å². The Balaban J connectivity index is 1.67. The normalized spacial score (nSPS) is 29.1. The van der Waals surface area contributed by atoms with E-state index in [4.69, 9.17) is 0 Å². The molecule has 1 saturated heterocycles. The standard InChI is InChI=1S/C11H22N2/c1-11(5-3-4-6-11)9-12-10-7-13(2)8-10/h10,12H,3-9H2,1-2H3. The van der Waals surface area contributed by atoms with Crippen LogP contribution in [0.3, 0.4) is 0 Å². The van der Waals surface area contributed by atoms with Crippen LogP contribution in [-0.4, -0.2) is 37.6 Å². The Bertz CT molecular complexity index is 167. The summed E-state index contributed by atoms with van der Waals surface area (Å²) in [5.41, 5.74) is 0.619. The van der Waals surface area contributed by atoms with Crippen molar-refractivity contribution in [2.45, 2.75) is 38.6 Å². The summed E-state index contributed by atoms with van der Waals surface area (Å²) in [7, 11) is 2.19. The van der Waals surface area contributed by atoms with Gasteiger partial charge < -0.3 is 10.2 Å². The molecule has 1 saturated carbocycles. The summed E-state index contributed by atoms with van der Waals surface area (Å²) >= 11 is 0.